The second-order valence-corrected chi connectivity index (χ2v) is 7.72. The van der Waals surface area contributed by atoms with E-state index in [0.717, 1.165) is 48.3 Å². The van der Waals surface area contributed by atoms with Crippen molar-refractivity contribution in [2.24, 2.45) is 0 Å². The molecule has 0 radical (unpaired) electrons. The van der Waals surface area contributed by atoms with Crippen LogP contribution in [-0.4, -0.2) is 45.9 Å². The Balaban J connectivity index is 2.33. The van der Waals surface area contributed by atoms with Crippen molar-refractivity contribution in [3.05, 3.63) is 33.8 Å². The third-order valence-electron chi connectivity index (χ3n) is 4.33. The van der Waals surface area contributed by atoms with E-state index in [4.69, 9.17) is 46.9 Å². The predicted octanol–water partition coefficient (Wildman–Crippen LogP) is 6.22. The number of rotatable bonds is 17. The largest absolute Gasteiger partial charge is 0.493 e. The molecule has 0 fully saturated rings. The van der Waals surface area contributed by atoms with Gasteiger partial charge < -0.3 is 23.7 Å². The predicted molar refractivity (Wildman–Crippen MR) is 123 cm³/mol. The zero-order chi connectivity index (χ0) is 22.2. The number of unbranched alkanes of at least 4 members (excludes halogenated alkanes) is 2. The summed E-state index contributed by atoms with van der Waals surface area (Å²) in [4.78, 5) is 0. The van der Waals surface area contributed by atoms with E-state index in [0.29, 0.717) is 39.6 Å². The van der Waals surface area contributed by atoms with Gasteiger partial charge in [-0.2, -0.15) is 0 Å². The zero-order valence-corrected chi connectivity index (χ0v) is 20.2. The Morgan fingerprint density at radius 2 is 1.67 bits per heavy atom. The van der Waals surface area contributed by atoms with Gasteiger partial charge in [0.1, 0.15) is 22.6 Å². The van der Waals surface area contributed by atoms with Crippen LogP contribution in [0.15, 0.2) is 22.7 Å². The van der Waals surface area contributed by atoms with Crippen LogP contribution in [0.2, 0.25) is 0 Å². The molecule has 7 heteroatoms. The minimum atomic E-state index is -0.270. The van der Waals surface area contributed by atoms with E-state index in [1.807, 2.05) is 32.9 Å². The van der Waals surface area contributed by atoms with Gasteiger partial charge in [-0.05, 0) is 75.8 Å². The molecule has 0 aromatic heterocycles. The van der Waals surface area contributed by atoms with E-state index < -0.39 is 0 Å². The summed E-state index contributed by atoms with van der Waals surface area (Å²) in [5, 5.41) is 0. The fourth-order valence-electron chi connectivity index (χ4n) is 2.92. The quantitative estimate of drug-likeness (QED) is 0.203. The van der Waals surface area contributed by atoms with Gasteiger partial charge in [0.15, 0.2) is 6.29 Å². The summed E-state index contributed by atoms with van der Waals surface area (Å²) < 4.78 is 28.5. The maximum atomic E-state index is 6.07. The summed E-state index contributed by atoms with van der Waals surface area (Å²) in [7, 11) is 0. The molecular weight excluding hydrogens is 427 g/mol. The lowest BCUT2D eigenvalue weighted by Gasteiger charge is -2.17. The number of halogens is 2. The Bertz CT molecular complexity index is 612. The summed E-state index contributed by atoms with van der Waals surface area (Å²) in [6.07, 6.45) is 5.22. The maximum absolute atomic E-state index is 6.07. The summed E-state index contributed by atoms with van der Waals surface area (Å²) in [5.41, 5.74) is 2.19. The van der Waals surface area contributed by atoms with E-state index in [1.54, 1.807) is 6.08 Å². The van der Waals surface area contributed by atoms with Gasteiger partial charge in [-0.15, -0.1) is 0 Å². The molecule has 1 aromatic carbocycles. The summed E-state index contributed by atoms with van der Waals surface area (Å²) in [6.45, 7) is 11.5. The molecule has 0 aliphatic rings. The first kappa shape index (κ1) is 27.1. The first-order chi connectivity index (χ1) is 14.5. The number of hydrogen-bond acceptors (Lipinski definition) is 5. The lowest BCUT2D eigenvalue weighted by molar-refractivity contribution is -0.167. The normalized spacial score (nSPS) is 11.0. The van der Waals surface area contributed by atoms with Gasteiger partial charge in [-0.25, -0.2) is 0 Å². The lowest BCUT2D eigenvalue weighted by atomic mass is 10.1. The van der Waals surface area contributed by atoms with Crippen molar-refractivity contribution in [2.75, 3.05) is 39.6 Å². The number of aryl methyl sites for hydroxylation is 2. The minimum absolute atomic E-state index is 0.205. The first-order valence-corrected chi connectivity index (χ1v) is 11.5. The number of ether oxygens (including phenoxy) is 5. The molecule has 0 unspecified atom stereocenters. The third-order valence-corrected chi connectivity index (χ3v) is 4.64. The summed E-state index contributed by atoms with van der Waals surface area (Å²) in [5.74, 6) is 1.74. The molecule has 5 nitrogen and oxygen atoms in total. The molecule has 0 aliphatic carbocycles. The molecule has 0 amide bonds. The summed E-state index contributed by atoms with van der Waals surface area (Å²) in [6, 6.07) is 3.99. The number of benzene rings is 1. The van der Waals surface area contributed by atoms with Crippen molar-refractivity contribution in [2.45, 2.75) is 59.7 Å². The molecule has 0 N–H and O–H groups in total. The number of hydrogen-bond donors (Lipinski definition) is 0. The second-order valence-electron chi connectivity index (χ2n) is 6.71. The molecule has 0 bridgehead atoms. The molecular formula is C23H36Cl2O5. The Labute approximate surface area is 191 Å². The Kier molecular flexibility index (Phi) is 15.0. The van der Waals surface area contributed by atoms with Crippen molar-refractivity contribution in [3.8, 4) is 11.5 Å². The van der Waals surface area contributed by atoms with Crippen LogP contribution in [-0.2, 0) is 20.6 Å². The second kappa shape index (κ2) is 16.7. The average Bonchev–Trinajstić information content (AvgIpc) is 2.70. The minimum Gasteiger partial charge on any atom is -0.493 e. The highest BCUT2D eigenvalue weighted by Gasteiger charge is 2.10. The summed E-state index contributed by atoms with van der Waals surface area (Å²) >= 11 is 11.2. The highest BCUT2D eigenvalue weighted by atomic mass is 35.5. The molecule has 0 heterocycles. The van der Waals surface area contributed by atoms with Crippen LogP contribution in [0.4, 0.5) is 0 Å². The van der Waals surface area contributed by atoms with Crippen LogP contribution < -0.4 is 9.47 Å². The first-order valence-electron chi connectivity index (χ1n) is 10.7. The van der Waals surface area contributed by atoms with Crippen molar-refractivity contribution in [1.82, 2.24) is 0 Å². The van der Waals surface area contributed by atoms with E-state index in [1.165, 1.54) is 0 Å². The van der Waals surface area contributed by atoms with E-state index in [2.05, 4.69) is 6.92 Å². The Morgan fingerprint density at radius 1 is 0.967 bits per heavy atom. The van der Waals surface area contributed by atoms with Crippen LogP contribution >= 0.6 is 23.2 Å². The smallest absolute Gasteiger partial charge is 0.180 e. The van der Waals surface area contributed by atoms with E-state index in [9.17, 15) is 0 Å². The van der Waals surface area contributed by atoms with Crippen LogP contribution in [0.1, 0.15) is 51.2 Å². The van der Waals surface area contributed by atoms with Crippen molar-refractivity contribution in [3.63, 3.8) is 0 Å². The lowest BCUT2D eigenvalue weighted by Crippen LogP contribution is -2.23. The van der Waals surface area contributed by atoms with E-state index in [-0.39, 0.29) is 10.8 Å². The van der Waals surface area contributed by atoms with Gasteiger partial charge >= 0.3 is 0 Å². The third kappa shape index (κ3) is 11.4. The standard InChI is InChI=1S/C23H36Cl2O5/c1-5-19-16-20(29-14-11-21(24)25)15-18(4)23(19)30-13-10-8-9-12-26-17-22(27-6-2)28-7-3/h11,15-16,22H,5-10,12-14,17H2,1-4H3. The molecule has 1 rings (SSSR count). The van der Waals surface area contributed by atoms with Crippen LogP contribution in [0, 0.1) is 6.92 Å². The maximum Gasteiger partial charge on any atom is 0.180 e. The molecule has 1 aromatic rings. The van der Waals surface area contributed by atoms with Crippen LogP contribution in [0.5, 0.6) is 11.5 Å². The molecule has 0 saturated heterocycles. The van der Waals surface area contributed by atoms with Gasteiger partial charge in [-0.1, -0.05) is 30.1 Å². The molecule has 0 spiro atoms. The topological polar surface area (TPSA) is 46.2 Å². The molecule has 172 valence electrons. The molecule has 30 heavy (non-hydrogen) atoms. The Morgan fingerprint density at radius 3 is 2.30 bits per heavy atom. The zero-order valence-electron chi connectivity index (χ0n) is 18.7. The van der Waals surface area contributed by atoms with Crippen molar-refractivity contribution >= 4 is 23.2 Å². The van der Waals surface area contributed by atoms with Gasteiger partial charge in [0.2, 0.25) is 0 Å². The van der Waals surface area contributed by atoms with Crippen molar-refractivity contribution in [1.29, 1.82) is 0 Å². The van der Waals surface area contributed by atoms with Gasteiger partial charge in [0.25, 0.3) is 0 Å². The highest BCUT2D eigenvalue weighted by molar-refractivity contribution is 6.55. The molecule has 0 aliphatic heterocycles. The SMILES string of the molecule is CCOC(COCCCCCOc1c(C)cc(OCC=C(Cl)Cl)cc1CC)OCC. The average molecular weight is 463 g/mol. The highest BCUT2D eigenvalue weighted by Crippen LogP contribution is 2.30. The van der Waals surface area contributed by atoms with Crippen LogP contribution in [0.25, 0.3) is 0 Å². The van der Waals surface area contributed by atoms with Gasteiger partial charge in [0, 0.05) is 19.8 Å². The monoisotopic (exact) mass is 462 g/mol. The van der Waals surface area contributed by atoms with E-state index >= 15 is 0 Å². The van der Waals surface area contributed by atoms with Gasteiger partial charge in [-0.3, -0.25) is 0 Å². The molecule has 0 atom stereocenters. The van der Waals surface area contributed by atoms with Crippen LogP contribution in [0.3, 0.4) is 0 Å². The van der Waals surface area contributed by atoms with Crippen molar-refractivity contribution < 1.29 is 23.7 Å². The molecule has 0 saturated carbocycles. The fraction of sp³-hybridized carbons (Fsp3) is 0.652. The fourth-order valence-corrected chi connectivity index (χ4v) is 3.04. The Hall–Kier alpha value is -0.980. The van der Waals surface area contributed by atoms with Gasteiger partial charge in [0.05, 0.1) is 13.2 Å².